The van der Waals surface area contributed by atoms with E-state index < -0.39 is 41.7 Å². The van der Waals surface area contributed by atoms with E-state index in [4.69, 9.17) is 18.4 Å². The molecular weight excluding hydrogens is 484 g/mol. The van der Waals surface area contributed by atoms with Crippen molar-refractivity contribution < 1.29 is 23.0 Å². The fourth-order valence-electron chi connectivity index (χ4n) is 3.57. The molecule has 1 aromatic rings. The first-order valence-corrected chi connectivity index (χ1v) is 13.9. The molecule has 1 aromatic heterocycles. The van der Waals surface area contributed by atoms with Gasteiger partial charge in [-0.25, -0.2) is 0 Å². The van der Waals surface area contributed by atoms with Crippen LogP contribution in [0.3, 0.4) is 0 Å². The zero-order valence-corrected chi connectivity index (χ0v) is 21.4. The Morgan fingerprint density at radius 1 is 1.32 bits per heavy atom. The number of hydrogen-bond donors (Lipinski definition) is 1. The van der Waals surface area contributed by atoms with Gasteiger partial charge in [-0.05, 0) is 0 Å². The van der Waals surface area contributed by atoms with E-state index in [1.807, 2.05) is 13.8 Å². The summed E-state index contributed by atoms with van der Waals surface area (Å²) in [4.78, 5) is 29.7. The van der Waals surface area contributed by atoms with Crippen LogP contribution in [0.5, 0.6) is 0 Å². The Kier molecular flexibility index (Phi) is 11.8. The maximum atomic E-state index is 12.6. The number of aryl methyl sites for hydroxylation is 1. The van der Waals surface area contributed by atoms with Crippen molar-refractivity contribution in [1.29, 1.82) is 0 Å². The van der Waals surface area contributed by atoms with Gasteiger partial charge in [0.25, 0.3) is 0 Å². The van der Waals surface area contributed by atoms with Crippen molar-refractivity contribution in [3.8, 4) is 0 Å². The van der Waals surface area contributed by atoms with Crippen LogP contribution in [0.25, 0.3) is 10.4 Å². The molecule has 0 radical (unpaired) electrons. The molecule has 1 saturated heterocycles. The third-order valence-corrected chi connectivity index (χ3v) is 6.51. The first-order chi connectivity index (χ1) is 16.3. The Hall–Kier alpha value is -1.66. The fraction of sp³-hybridized carbons (Fsp3) is 0.789. The summed E-state index contributed by atoms with van der Waals surface area (Å²) >= 11 is 0.698. The molecule has 1 aliphatic heterocycles. The van der Waals surface area contributed by atoms with Crippen molar-refractivity contribution in [2.45, 2.75) is 70.4 Å². The summed E-state index contributed by atoms with van der Waals surface area (Å²) in [7, 11) is 3.43. The van der Waals surface area contributed by atoms with E-state index in [1.165, 1.54) is 10.8 Å². The standard InChI is InChI=1S/C19H31BN5O7PS/c1-4-6-8-29-11-19(12-31-34-33(20)28)15(30-9-7-5-2)14(23-24-21)17(32-19)25-10-13(3)16(26)22-18(25)27/h10,14-15,17,20H,4-9,11-12H2,1-3H3,(H,22,26,27). The molecule has 0 amide bonds. The molecule has 2 heterocycles. The van der Waals surface area contributed by atoms with Crippen LogP contribution in [-0.2, 0) is 23.0 Å². The van der Waals surface area contributed by atoms with E-state index in [2.05, 4.69) is 22.2 Å². The first kappa shape index (κ1) is 28.6. The minimum absolute atomic E-state index is 0.0172. The second kappa shape index (κ2) is 14.0. The van der Waals surface area contributed by atoms with Crippen molar-refractivity contribution >= 4 is 25.3 Å². The number of unbranched alkanes of at least 4 members (excludes halogenated alkanes) is 2. The van der Waals surface area contributed by atoms with Gasteiger partial charge in [0.1, 0.15) is 0 Å². The van der Waals surface area contributed by atoms with Crippen LogP contribution < -0.4 is 11.2 Å². The zero-order chi connectivity index (χ0) is 25.1. The first-order valence-electron chi connectivity index (χ1n) is 11.1. The monoisotopic (exact) mass is 515 g/mol. The molecule has 1 fully saturated rings. The van der Waals surface area contributed by atoms with Gasteiger partial charge < -0.3 is 0 Å². The molecule has 0 spiro atoms. The Balaban J connectivity index is 2.54. The molecular formula is C19H31BN5O7PS. The number of ether oxygens (including phenoxy) is 3. The summed E-state index contributed by atoms with van der Waals surface area (Å²) in [5.74, 6) is 0. The molecule has 1 aliphatic rings. The molecule has 1 N–H and O–H groups in total. The van der Waals surface area contributed by atoms with Gasteiger partial charge in [-0.3, -0.25) is 0 Å². The summed E-state index contributed by atoms with van der Waals surface area (Å²) in [6, 6.07) is -0.971. The second-order valence-electron chi connectivity index (χ2n) is 7.97. The van der Waals surface area contributed by atoms with E-state index >= 15 is 0 Å². The van der Waals surface area contributed by atoms with Crippen molar-refractivity contribution in [3.05, 3.63) is 43.0 Å². The number of H-pyrrole nitrogens is 1. The SMILES string of the molecule is B=P(=O)SOCC1(COCCCC)OC(n2cc(C)c(=O)[nH]c2=O)C(N=[N+]=[N-])C1OCCCC. The van der Waals surface area contributed by atoms with Crippen LogP contribution in [0.4, 0.5) is 0 Å². The van der Waals surface area contributed by atoms with E-state index in [9.17, 15) is 19.7 Å². The molecule has 5 unspecified atom stereocenters. The number of aromatic nitrogens is 2. The van der Waals surface area contributed by atoms with E-state index in [-0.39, 0.29) is 18.8 Å². The van der Waals surface area contributed by atoms with Crippen LogP contribution in [-0.4, -0.2) is 60.9 Å². The number of nitrogens with zero attached hydrogens (tertiary/aromatic N) is 4. The molecule has 0 aromatic carbocycles. The Labute approximate surface area is 203 Å². The predicted octanol–water partition coefficient (Wildman–Crippen LogP) is 3.02. The molecule has 5 atom stereocenters. The number of aromatic amines is 1. The summed E-state index contributed by atoms with van der Waals surface area (Å²) in [5.41, 5.74) is 7.06. The topological polar surface area (TPSA) is 158 Å². The molecule has 0 bridgehead atoms. The molecule has 0 saturated carbocycles. The summed E-state index contributed by atoms with van der Waals surface area (Å²) < 4.78 is 36.6. The van der Waals surface area contributed by atoms with Gasteiger partial charge in [-0.2, -0.15) is 0 Å². The zero-order valence-electron chi connectivity index (χ0n) is 19.7. The number of nitrogens with one attached hydrogen (secondary N) is 1. The third kappa shape index (κ3) is 7.42. The van der Waals surface area contributed by atoms with Gasteiger partial charge in [0, 0.05) is 0 Å². The number of hydrogen-bond acceptors (Lipinski definition) is 9. The number of rotatable bonds is 15. The molecule has 12 nitrogen and oxygen atoms in total. The molecule has 2 rings (SSSR count). The average Bonchev–Trinajstić information content (AvgIpc) is 3.07. The molecule has 188 valence electrons. The van der Waals surface area contributed by atoms with Crippen molar-refractivity contribution in [2.75, 3.05) is 26.4 Å². The average molecular weight is 515 g/mol. The van der Waals surface area contributed by atoms with Crippen LogP contribution in [0.2, 0.25) is 0 Å². The molecule has 34 heavy (non-hydrogen) atoms. The summed E-state index contributed by atoms with van der Waals surface area (Å²) in [6.45, 7) is 4.39. The third-order valence-electron chi connectivity index (χ3n) is 5.30. The van der Waals surface area contributed by atoms with Crippen molar-refractivity contribution in [1.82, 2.24) is 9.55 Å². The van der Waals surface area contributed by atoms with Crippen LogP contribution in [0, 0.1) is 6.92 Å². The van der Waals surface area contributed by atoms with Gasteiger partial charge in [0.05, 0.1) is 0 Å². The van der Waals surface area contributed by atoms with Crippen molar-refractivity contribution in [2.24, 2.45) is 5.11 Å². The number of azide groups is 1. The van der Waals surface area contributed by atoms with E-state index in [1.54, 1.807) is 6.92 Å². The van der Waals surface area contributed by atoms with Gasteiger partial charge in [-0.1, -0.05) is 0 Å². The van der Waals surface area contributed by atoms with Crippen LogP contribution >= 0.6 is 18.2 Å². The molecule has 0 aliphatic carbocycles. The van der Waals surface area contributed by atoms with Gasteiger partial charge in [0.2, 0.25) is 0 Å². The van der Waals surface area contributed by atoms with Crippen molar-refractivity contribution in [3.63, 3.8) is 0 Å². The summed E-state index contributed by atoms with van der Waals surface area (Å²) in [6.07, 6.45) is 2.77. The predicted molar refractivity (Wildman–Crippen MR) is 131 cm³/mol. The second-order valence-corrected chi connectivity index (χ2v) is 10.7. The van der Waals surface area contributed by atoms with Gasteiger partial charge >= 0.3 is 203 Å². The van der Waals surface area contributed by atoms with Crippen LogP contribution in [0.15, 0.2) is 20.9 Å². The fourth-order valence-corrected chi connectivity index (χ4v) is 4.45. The van der Waals surface area contributed by atoms with E-state index in [0.29, 0.717) is 24.9 Å². The molecule has 15 heteroatoms. The summed E-state index contributed by atoms with van der Waals surface area (Å²) in [5, 5.41) is 3.91. The Morgan fingerprint density at radius 2 is 2.03 bits per heavy atom. The van der Waals surface area contributed by atoms with E-state index in [0.717, 1.165) is 25.7 Å². The minimum atomic E-state index is -1.90. The Bertz CT molecular complexity index is 1040. The quantitative estimate of drug-likeness (QED) is 0.0710. The normalized spacial score (nSPS) is 24.6. The van der Waals surface area contributed by atoms with Gasteiger partial charge in [0.15, 0.2) is 0 Å². The van der Waals surface area contributed by atoms with Gasteiger partial charge in [-0.15, -0.1) is 0 Å². The van der Waals surface area contributed by atoms with Crippen LogP contribution in [0.1, 0.15) is 51.3 Å². The maximum absolute atomic E-state index is 12.6. The Morgan fingerprint density at radius 3 is 2.68 bits per heavy atom.